The Labute approximate surface area is 168 Å². The van der Waals surface area contributed by atoms with Crippen molar-refractivity contribution < 1.29 is 14.7 Å². The fourth-order valence-electron chi connectivity index (χ4n) is 2.32. The normalized spacial score (nSPS) is 15.6. The van der Waals surface area contributed by atoms with E-state index in [1.54, 1.807) is 30.3 Å². The van der Waals surface area contributed by atoms with E-state index >= 15 is 0 Å². The summed E-state index contributed by atoms with van der Waals surface area (Å²) in [4.78, 5) is 25.4. The van der Waals surface area contributed by atoms with Crippen LogP contribution in [0.5, 0.6) is 5.75 Å². The van der Waals surface area contributed by atoms with Gasteiger partial charge in [0.2, 0.25) is 0 Å². The van der Waals surface area contributed by atoms with Crippen LogP contribution < -0.4 is 5.43 Å². The Morgan fingerprint density at radius 3 is 2.73 bits per heavy atom. The van der Waals surface area contributed by atoms with Gasteiger partial charge in [-0.25, -0.2) is 0 Å². The Morgan fingerprint density at radius 2 is 2.04 bits per heavy atom. The molecule has 0 aliphatic carbocycles. The number of carbonyl (C=O) groups is 2. The molecule has 132 valence electrons. The third-order valence-corrected chi connectivity index (χ3v) is 5.60. The Morgan fingerprint density at radius 1 is 1.31 bits per heavy atom. The number of halogens is 1. The largest absolute Gasteiger partial charge is 0.507 e. The lowest BCUT2D eigenvalue weighted by molar-refractivity contribution is -0.123. The Hall–Kier alpha value is -2.16. The SMILES string of the molecule is Cc1ccccc1C(=O)NN1C(=O)/C(=C\c2ccc(O)c(Br)c2)SC1=S. The van der Waals surface area contributed by atoms with Crippen molar-refractivity contribution in [3.05, 3.63) is 68.5 Å². The molecule has 8 heteroatoms. The molecule has 0 bridgehead atoms. The van der Waals surface area contributed by atoms with Crippen LogP contribution in [0.4, 0.5) is 0 Å². The van der Waals surface area contributed by atoms with Crippen LogP contribution in [-0.2, 0) is 4.79 Å². The molecule has 1 saturated heterocycles. The molecular weight excluding hydrogens is 436 g/mol. The molecule has 1 aliphatic rings. The minimum absolute atomic E-state index is 0.111. The molecular formula is C18H13BrN2O3S2. The minimum Gasteiger partial charge on any atom is -0.507 e. The first kappa shape index (κ1) is 18.6. The zero-order valence-electron chi connectivity index (χ0n) is 13.5. The summed E-state index contributed by atoms with van der Waals surface area (Å²) in [6, 6.07) is 12.0. The maximum absolute atomic E-state index is 12.6. The van der Waals surface area contributed by atoms with Gasteiger partial charge in [0.1, 0.15) is 5.75 Å². The minimum atomic E-state index is -0.397. The molecule has 0 aromatic heterocycles. The molecule has 0 saturated carbocycles. The van der Waals surface area contributed by atoms with E-state index < -0.39 is 11.8 Å². The fourth-order valence-corrected chi connectivity index (χ4v) is 3.89. The third-order valence-electron chi connectivity index (χ3n) is 3.67. The summed E-state index contributed by atoms with van der Waals surface area (Å²) in [5.74, 6) is -0.681. The van der Waals surface area contributed by atoms with E-state index in [4.69, 9.17) is 12.2 Å². The highest BCUT2D eigenvalue weighted by Gasteiger charge is 2.34. The fraction of sp³-hybridized carbons (Fsp3) is 0.0556. The highest BCUT2D eigenvalue weighted by atomic mass is 79.9. The number of phenols is 1. The lowest BCUT2D eigenvalue weighted by Crippen LogP contribution is -2.45. The summed E-state index contributed by atoms with van der Waals surface area (Å²) in [5, 5.41) is 10.6. The zero-order chi connectivity index (χ0) is 18.8. The first-order valence-electron chi connectivity index (χ1n) is 7.50. The van der Waals surface area contributed by atoms with E-state index in [9.17, 15) is 14.7 Å². The second-order valence-corrected chi connectivity index (χ2v) is 8.01. The standard InChI is InChI=1S/C18H13BrN2O3S2/c1-10-4-2-3-5-12(10)16(23)20-21-17(24)15(26-18(21)25)9-11-6-7-14(22)13(19)8-11/h2-9,22H,1H3,(H,20,23)/b15-9+. The lowest BCUT2D eigenvalue weighted by atomic mass is 10.1. The second-order valence-electron chi connectivity index (χ2n) is 5.48. The van der Waals surface area contributed by atoms with Crippen LogP contribution in [0.1, 0.15) is 21.5 Å². The van der Waals surface area contributed by atoms with Gasteiger partial charge >= 0.3 is 0 Å². The molecule has 1 heterocycles. The number of rotatable bonds is 3. The van der Waals surface area contributed by atoms with Gasteiger partial charge in [0.15, 0.2) is 4.32 Å². The van der Waals surface area contributed by atoms with Gasteiger partial charge in [-0.05, 0) is 70.5 Å². The van der Waals surface area contributed by atoms with Crippen molar-refractivity contribution in [1.82, 2.24) is 10.4 Å². The summed E-state index contributed by atoms with van der Waals surface area (Å²) in [5.41, 5.74) is 4.57. The number of nitrogens with one attached hydrogen (secondary N) is 1. The van der Waals surface area contributed by atoms with Gasteiger partial charge in [-0.2, -0.15) is 5.01 Å². The molecule has 2 amide bonds. The second kappa shape index (κ2) is 7.61. The van der Waals surface area contributed by atoms with Crippen LogP contribution in [0.15, 0.2) is 51.8 Å². The highest BCUT2D eigenvalue weighted by molar-refractivity contribution is 9.10. The number of thioether (sulfide) groups is 1. The predicted molar refractivity (Wildman–Crippen MR) is 109 cm³/mol. The summed E-state index contributed by atoms with van der Waals surface area (Å²) in [6.45, 7) is 1.82. The lowest BCUT2D eigenvalue weighted by Gasteiger charge is -2.16. The van der Waals surface area contributed by atoms with Crippen molar-refractivity contribution in [2.24, 2.45) is 0 Å². The van der Waals surface area contributed by atoms with Crippen molar-refractivity contribution in [1.29, 1.82) is 0 Å². The maximum Gasteiger partial charge on any atom is 0.285 e. The van der Waals surface area contributed by atoms with Crippen LogP contribution in [0.2, 0.25) is 0 Å². The number of aryl methyl sites for hydroxylation is 1. The van der Waals surface area contributed by atoms with E-state index in [0.717, 1.165) is 27.9 Å². The molecule has 2 N–H and O–H groups in total. The smallest absolute Gasteiger partial charge is 0.285 e. The molecule has 1 aliphatic heterocycles. The number of nitrogens with zero attached hydrogens (tertiary/aromatic N) is 1. The predicted octanol–water partition coefficient (Wildman–Crippen LogP) is 4.01. The summed E-state index contributed by atoms with van der Waals surface area (Å²) >= 11 is 9.56. The van der Waals surface area contributed by atoms with Gasteiger partial charge in [0.25, 0.3) is 11.8 Å². The van der Waals surface area contributed by atoms with Crippen molar-refractivity contribution in [3.63, 3.8) is 0 Å². The van der Waals surface area contributed by atoms with Crippen LogP contribution in [0, 0.1) is 6.92 Å². The van der Waals surface area contributed by atoms with Crippen LogP contribution in [0.3, 0.4) is 0 Å². The van der Waals surface area contributed by atoms with Crippen LogP contribution in [0.25, 0.3) is 6.08 Å². The van der Waals surface area contributed by atoms with Crippen molar-refractivity contribution >= 4 is 62.1 Å². The zero-order valence-corrected chi connectivity index (χ0v) is 16.7. The topological polar surface area (TPSA) is 69.6 Å². The molecule has 2 aromatic carbocycles. The Bertz CT molecular complexity index is 959. The molecule has 5 nitrogen and oxygen atoms in total. The number of phenolic OH excluding ortho intramolecular Hbond substituents is 1. The van der Waals surface area contributed by atoms with Gasteiger partial charge in [-0.15, -0.1) is 0 Å². The number of hydrazine groups is 1. The van der Waals surface area contributed by atoms with Gasteiger partial charge in [-0.3, -0.25) is 15.0 Å². The summed E-state index contributed by atoms with van der Waals surface area (Å²) in [6.07, 6.45) is 1.66. The Kier molecular flexibility index (Phi) is 5.45. The number of benzene rings is 2. The molecule has 1 fully saturated rings. The summed E-state index contributed by atoms with van der Waals surface area (Å²) in [7, 11) is 0. The molecule has 0 unspecified atom stereocenters. The molecule has 0 radical (unpaired) electrons. The van der Waals surface area contributed by atoms with Gasteiger partial charge < -0.3 is 5.11 Å². The number of carbonyl (C=O) groups excluding carboxylic acids is 2. The quantitative estimate of drug-likeness (QED) is 0.548. The van der Waals surface area contributed by atoms with Crippen LogP contribution >= 0.6 is 39.9 Å². The number of aromatic hydroxyl groups is 1. The van der Waals surface area contributed by atoms with E-state index in [2.05, 4.69) is 21.4 Å². The number of amides is 2. The van der Waals surface area contributed by atoms with Crippen molar-refractivity contribution in [3.8, 4) is 5.75 Å². The van der Waals surface area contributed by atoms with Gasteiger partial charge in [-0.1, -0.05) is 36.0 Å². The molecule has 0 atom stereocenters. The van der Waals surface area contributed by atoms with Gasteiger partial charge in [0, 0.05) is 5.56 Å². The molecule has 26 heavy (non-hydrogen) atoms. The maximum atomic E-state index is 12.6. The average Bonchev–Trinajstić information content (AvgIpc) is 2.86. The van der Waals surface area contributed by atoms with E-state index in [0.29, 0.717) is 14.9 Å². The first-order valence-corrected chi connectivity index (χ1v) is 9.51. The molecule has 3 rings (SSSR count). The van der Waals surface area contributed by atoms with E-state index in [-0.39, 0.29) is 10.1 Å². The number of thiocarbonyl (C=S) groups is 1. The van der Waals surface area contributed by atoms with Crippen molar-refractivity contribution in [2.75, 3.05) is 0 Å². The molecule has 2 aromatic rings. The van der Waals surface area contributed by atoms with Crippen LogP contribution in [-0.4, -0.2) is 26.3 Å². The van der Waals surface area contributed by atoms with E-state index in [1.807, 2.05) is 19.1 Å². The monoisotopic (exact) mass is 448 g/mol. The first-order chi connectivity index (χ1) is 12.4. The Balaban J connectivity index is 1.80. The number of hydrogen-bond acceptors (Lipinski definition) is 5. The summed E-state index contributed by atoms with van der Waals surface area (Å²) < 4.78 is 0.774. The van der Waals surface area contributed by atoms with Gasteiger partial charge in [0.05, 0.1) is 9.38 Å². The molecule has 0 spiro atoms. The highest BCUT2D eigenvalue weighted by Crippen LogP contribution is 2.33. The average molecular weight is 449 g/mol. The number of hydrogen-bond donors (Lipinski definition) is 2. The van der Waals surface area contributed by atoms with E-state index in [1.165, 1.54) is 6.07 Å². The third kappa shape index (κ3) is 3.82. The van der Waals surface area contributed by atoms with Crippen molar-refractivity contribution in [2.45, 2.75) is 6.92 Å².